The molecule has 0 saturated carbocycles. The van der Waals surface area contributed by atoms with E-state index in [1.807, 2.05) is 44.2 Å². The first-order valence-corrected chi connectivity index (χ1v) is 7.97. The quantitative estimate of drug-likeness (QED) is 0.741. The molecular formula is C18H20N6O. The predicted molar refractivity (Wildman–Crippen MR) is 94.9 cm³/mol. The Balaban J connectivity index is 1.64. The molecule has 0 aliphatic carbocycles. The molecule has 0 spiro atoms. The van der Waals surface area contributed by atoms with E-state index in [4.69, 9.17) is 5.73 Å². The zero-order chi connectivity index (χ0) is 17.8. The Bertz CT molecular complexity index is 865. The van der Waals surface area contributed by atoms with Crippen LogP contribution in [0.1, 0.15) is 33.0 Å². The van der Waals surface area contributed by atoms with Gasteiger partial charge in [-0.2, -0.15) is 0 Å². The van der Waals surface area contributed by atoms with Crippen LogP contribution in [0.25, 0.3) is 0 Å². The molecule has 0 aliphatic rings. The summed E-state index contributed by atoms with van der Waals surface area (Å²) in [5.74, 6) is 0.309. The molecule has 0 radical (unpaired) electrons. The SMILES string of the molecule is Cc1cc(N)nc(C)c1CNC(=O)c1ncn(Cc2ccccc2)n1. The van der Waals surface area contributed by atoms with E-state index in [0.717, 1.165) is 22.4 Å². The lowest BCUT2D eigenvalue weighted by molar-refractivity contribution is 0.0940. The molecule has 7 nitrogen and oxygen atoms in total. The molecule has 0 unspecified atom stereocenters. The molecule has 3 N–H and O–H groups in total. The molecule has 7 heteroatoms. The van der Waals surface area contributed by atoms with Gasteiger partial charge in [0.1, 0.15) is 12.1 Å². The Labute approximate surface area is 145 Å². The van der Waals surface area contributed by atoms with Crippen molar-refractivity contribution in [2.45, 2.75) is 26.9 Å². The van der Waals surface area contributed by atoms with Crippen LogP contribution in [0.2, 0.25) is 0 Å². The van der Waals surface area contributed by atoms with E-state index in [-0.39, 0.29) is 11.7 Å². The highest BCUT2D eigenvalue weighted by Crippen LogP contribution is 2.14. The summed E-state index contributed by atoms with van der Waals surface area (Å²) in [6, 6.07) is 11.7. The number of carbonyl (C=O) groups is 1. The minimum absolute atomic E-state index is 0.148. The number of nitrogens with zero attached hydrogens (tertiary/aromatic N) is 4. The number of rotatable bonds is 5. The zero-order valence-electron chi connectivity index (χ0n) is 14.2. The van der Waals surface area contributed by atoms with Crippen LogP contribution < -0.4 is 11.1 Å². The Morgan fingerprint density at radius 1 is 1.24 bits per heavy atom. The molecule has 0 aliphatic heterocycles. The number of nitrogen functional groups attached to an aromatic ring is 1. The Hall–Kier alpha value is -3.22. The first-order valence-electron chi connectivity index (χ1n) is 7.97. The number of nitrogens with two attached hydrogens (primary N) is 1. The number of aromatic nitrogens is 4. The van der Waals surface area contributed by atoms with E-state index in [9.17, 15) is 4.79 Å². The fourth-order valence-corrected chi connectivity index (χ4v) is 2.65. The van der Waals surface area contributed by atoms with Crippen molar-refractivity contribution in [2.24, 2.45) is 0 Å². The number of carbonyl (C=O) groups excluding carboxylic acids is 1. The van der Waals surface area contributed by atoms with Crippen molar-refractivity contribution in [3.8, 4) is 0 Å². The van der Waals surface area contributed by atoms with Crippen molar-refractivity contribution in [1.82, 2.24) is 25.1 Å². The number of hydrogen-bond acceptors (Lipinski definition) is 5. The van der Waals surface area contributed by atoms with Crippen molar-refractivity contribution in [2.75, 3.05) is 5.73 Å². The zero-order valence-corrected chi connectivity index (χ0v) is 14.2. The Morgan fingerprint density at radius 2 is 2.00 bits per heavy atom. The second-order valence-electron chi connectivity index (χ2n) is 5.86. The fraction of sp³-hybridized carbons (Fsp3) is 0.222. The summed E-state index contributed by atoms with van der Waals surface area (Å²) in [5, 5.41) is 7.07. The van der Waals surface area contributed by atoms with Gasteiger partial charge in [-0.3, -0.25) is 4.79 Å². The largest absolute Gasteiger partial charge is 0.384 e. The number of nitrogens with one attached hydrogen (secondary N) is 1. The smallest absolute Gasteiger partial charge is 0.291 e. The second kappa shape index (κ2) is 7.12. The topological polar surface area (TPSA) is 98.7 Å². The summed E-state index contributed by atoms with van der Waals surface area (Å²) in [6.45, 7) is 4.75. The Kier molecular flexibility index (Phi) is 4.74. The highest BCUT2D eigenvalue weighted by atomic mass is 16.2. The molecule has 0 saturated heterocycles. The monoisotopic (exact) mass is 336 g/mol. The van der Waals surface area contributed by atoms with Gasteiger partial charge in [-0.1, -0.05) is 30.3 Å². The van der Waals surface area contributed by atoms with Crippen LogP contribution in [0.5, 0.6) is 0 Å². The third kappa shape index (κ3) is 4.00. The second-order valence-corrected chi connectivity index (χ2v) is 5.86. The van der Waals surface area contributed by atoms with Crippen molar-refractivity contribution in [3.05, 3.63) is 70.9 Å². The van der Waals surface area contributed by atoms with Gasteiger partial charge in [-0.25, -0.2) is 14.6 Å². The molecule has 1 amide bonds. The van der Waals surface area contributed by atoms with E-state index < -0.39 is 0 Å². The van der Waals surface area contributed by atoms with Crippen molar-refractivity contribution in [1.29, 1.82) is 0 Å². The molecule has 0 bridgehead atoms. The van der Waals surface area contributed by atoms with Crippen molar-refractivity contribution >= 4 is 11.7 Å². The van der Waals surface area contributed by atoms with Crippen molar-refractivity contribution < 1.29 is 4.79 Å². The average Bonchev–Trinajstić information content (AvgIpc) is 3.03. The number of benzene rings is 1. The molecule has 1 aromatic carbocycles. The summed E-state index contributed by atoms with van der Waals surface area (Å²) in [7, 11) is 0. The van der Waals surface area contributed by atoms with Crippen LogP contribution in [0.15, 0.2) is 42.7 Å². The molecule has 3 aromatic rings. The van der Waals surface area contributed by atoms with E-state index in [1.165, 1.54) is 0 Å². The van der Waals surface area contributed by atoms with Crippen LogP contribution in [0.3, 0.4) is 0 Å². The van der Waals surface area contributed by atoms with Gasteiger partial charge in [-0.05, 0) is 36.6 Å². The fourth-order valence-electron chi connectivity index (χ4n) is 2.65. The van der Waals surface area contributed by atoms with Gasteiger partial charge in [0.15, 0.2) is 0 Å². The molecule has 3 rings (SSSR count). The number of pyridine rings is 1. The van der Waals surface area contributed by atoms with E-state index in [2.05, 4.69) is 20.4 Å². The average molecular weight is 336 g/mol. The molecule has 128 valence electrons. The summed E-state index contributed by atoms with van der Waals surface area (Å²) in [4.78, 5) is 20.6. The lowest BCUT2D eigenvalue weighted by Crippen LogP contribution is -2.25. The summed E-state index contributed by atoms with van der Waals surface area (Å²) in [5.41, 5.74) is 9.57. The number of aryl methyl sites for hydroxylation is 2. The highest BCUT2D eigenvalue weighted by Gasteiger charge is 2.13. The van der Waals surface area contributed by atoms with Crippen molar-refractivity contribution in [3.63, 3.8) is 0 Å². The van der Waals surface area contributed by atoms with Crippen LogP contribution in [0, 0.1) is 13.8 Å². The first kappa shape index (κ1) is 16.6. The summed E-state index contributed by atoms with van der Waals surface area (Å²) < 4.78 is 1.64. The minimum Gasteiger partial charge on any atom is -0.384 e. The number of anilines is 1. The van der Waals surface area contributed by atoms with E-state index in [1.54, 1.807) is 17.1 Å². The summed E-state index contributed by atoms with van der Waals surface area (Å²) >= 11 is 0. The molecule has 0 atom stereocenters. The van der Waals surface area contributed by atoms with Gasteiger partial charge in [0.05, 0.1) is 6.54 Å². The first-order chi connectivity index (χ1) is 12.0. The maximum absolute atomic E-state index is 12.3. The van der Waals surface area contributed by atoms with Gasteiger partial charge in [0, 0.05) is 12.2 Å². The maximum atomic E-state index is 12.3. The number of hydrogen-bond donors (Lipinski definition) is 2. The molecule has 25 heavy (non-hydrogen) atoms. The van der Waals surface area contributed by atoms with Crippen LogP contribution in [-0.4, -0.2) is 25.7 Å². The predicted octanol–water partition coefficient (Wildman–Crippen LogP) is 1.85. The van der Waals surface area contributed by atoms with Crippen LogP contribution in [0.4, 0.5) is 5.82 Å². The lowest BCUT2D eigenvalue weighted by atomic mass is 10.1. The number of amides is 1. The van der Waals surface area contributed by atoms with Gasteiger partial charge >= 0.3 is 0 Å². The summed E-state index contributed by atoms with van der Waals surface area (Å²) in [6.07, 6.45) is 1.56. The van der Waals surface area contributed by atoms with Gasteiger partial charge < -0.3 is 11.1 Å². The van der Waals surface area contributed by atoms with Gasteiger partial charge in [0.2, 0.25) is 5.82 Å². The minimum atomic E-state index is -0.317. The molecule has 0 fully saturated rings. The van der Waals surface area contributed by atoms with E-state index in [0.29, 0.717) is 18.9 Å². The van der Waals surface area contributed by atoms with Gasteiger partial charge in [-0.15, -0.1) is 5.10 Å². The Morgan fingerprint density at radius 3 is 2.72 bits per heavy atom. The maximum Gasteiger partial charge on any atom is 0.291 e. The van der Waals surface area contributed by atoms with Gasteiger partial charge in [0.25, 0.3) is 5.91 Å². The third-order valence-corrected chi connectivity index (χ3v) is 3.93. The standard InChI is InChI=1S/C18H20N6O/c1-12-8-16(19)22-13(2)15(12)9-20-18(25)17-21-11-24(23-17)10-14-6-4-3-5-7-14/h3-8,11H,9-10H2,1-2H3,(H2,19,22)(H,20,25). The molecule has 2 aromatic heterocycles. The highest BCUT2D eigenvalue weighted by molar-refractivity contribution is 5.90. The lowest BCUT2D eigenvalue weighted by Gasteiger charge is -2.10. The van der Waals surface area contributed by atoms with E-state index >= 15 is 0 Å². The van der Waals surface area contributed by atoms with Crippen LogP contribution >= 0.6 is 0 Å². The third-order valence-electron chi connectivity index (χ3n) is 3.93. The van der Waals surface area contributed by atoms with Crippen LogP contribution in [-0.2, 0) is 13.1 Å². The normalized spacial score (nSPS) is 10.6. The molecular weight excluding hydrogens is 316 g/mol. The molecule has 2 heterocycles.